The zero-order valence-electron chi connectivity index (χ0n) is 10.1. The molecule has 0 aliphatic rings. The minimum absolute atomic E-state index is 0.606. The summed E-state index contributed by atoms with van der Waals surface area (Å²) < 4.78 is 5.63. The van der Waals surface area contributed by atoms with Crippen LogP contribution in [0.15, 0.2) is 18.5 Å². The van der Waals surface area contributed by atoms with Crippen LogP contribution in [0.25, 0.3) is 0 Å². The van der Waals surface area contributed by atoms with E-state index in [0.29, 0.717) is 5.75 Å². The molecule has 0 fully saturated rings. The van der Waals surface area contributed by atoms with Crippen molar-refractivity contribution in [3.8, 4) is 18.1 Å². The Morgan fingerprint density at radius 2 is 2.25 bits per heavy atom. The minimum atomic E-state index is -0.606. The molecule has 1 aromatic heterocycles. The van der Waals surface area contributed by atoms with Crippen LogP contribution in [-0.2, 0) is 0 Å². The van der Waals surface area contributed by atoms with Crippen LogP contribution in [0.1, 0.15) is 27.2 Å². The maximum Gasteiger partial charge on any atom is 0.163 e. The van der Waals surface area contributed by atoms with Crippen LogP contribution >= 0.6 is 0 Å². The molecule has 16 heavy (non-hydrogen) atoms. The first-order chi connectivity index (χ1) is 7.57. The zero-order valence-corrected chi connectivity index (χ0v) is 10.1. The van der Waals surface area contributed by atoms with Crippen molar-refractivity contribution in [2.24, 2.45) is 0 Å². The molecule has 0 atom stereocenters. The Labute approximate surface area is 97.2 Å². The minimum Gasteiger partial charge on any atom is -0.473 e. The number of hydrogen-bond donors (Lipinski definition) is 1. The summed E-state index contributed by atoms with van der Waals surface area (Å²) in [5, 5.41) is 3.24. The second-order valence-electron chi connectivity index (χ2n) is 4.09. The third-order valence-corrected chi connectivity index (χ3v) is 2.01. The largest absolute Gasteiger partial charge is 0.473 e. The number of nitrogens with zero attached hydrogens (tertiary/aromatic N) is 1. The SMILES string of the molecule is C#CC(C)(C)Oc1cncc(NCCC)c1. The Morgan fingerprint density at radius 1 is 1.50 bits per heavy atom. The standard InChI is InChI=1S/C13H18N2O/c1-5-7-15-11-8-12(10-14-9-11)16-13(3,4)6-2/h2,8-10,15H,5,7H2,1,3-4H3. The highest BCUT2D eigenvalue weighted by Crippen LogP contribution is 2.20. The van der Waals surface area contributed by atoms with E-state index in [-0.39, 0.29) is 0 Å². The average molecular weight is 218 g/mol. The van der Waals surface area contributed by atoms with Gasteiger partial charge in [0.1, 0.15) is 5.75 Å². The van der Waals surface area contributed by atoms with E-state index in [0.717, 1.165) is 18.7 Å². The summed E-state index contributed by atoms with van der Waals surface area (Å²) in [6.07, 6.45) is 9.86. The normalized spacial score (nSPS) is 10.6. The van der Waals surface area contributed by atoms with E-state index < -0.39 is 5.60 Å². The van der Waals surface area contributed by atoms with Crippen LogP contribution in [0.5, 0.6) is 5.75 Å². The number of pyridine rings is 1. The van der Waals surface area contributed by atoms with E-state index in [1.807, 2.05) is 19.9 Å². The van der Waals surface area contributed by atoms with Crippen molar-refractivity contribution >= 4 is 5.69 Å². The molecule has 1 aromatic rings. The van der Waals surface area contributed by atoms with Crippen molar-refractivity contribution in [2.75, 3.05) is 11.9 Å². The number of hydrogen-bond acceptors (Lipinski definition) is 3. The van der Waals surface area contributed by atoms with Gasteiger partial charge < -0.3 is 10.1 Å². The van der Waals surface area contributed by atoms with E-state index in [1.54, 1.807) is 12.4 Å². The van der Waals surface area contributed by atoms with Crippen molar-refractivity contribution in [3.05, 3.63) is 18.5 Å². The lowest BCUT2D eigenvalue weighted by Crippen LogP contribution is -2.25. The quantitative estimate of drug-likeness (QED) is 0.771. The highest BCUT2D eigenvalue weighted by Gasteiger charge is 2.15. The van der Waals surface area contributed by atoms with Crippen molar-refractivity contribution in [1.82, 2.24) is 4.98 Å². The topological polar surface area (TPSA) is 34.1 Å². The average Bonchev–Trinajstić information content (AvgIpc) is 2.26. The van der Waals surface area contributed by atoms with Gasteiger partial charge in [-0.1, -0.05) is 12.8 Å². The van der Waals surface area contributed by atoms with Gasteiger partial charge in [-0.25, -0.2) is 0 Å². The number of terminal acetylenes is 1. The van der Waals surface area contributed by atoms with Gasteiger partial charge in [0.15, 0.2) is 5.60 Å². The van der Waals surface area contributed by atoms with Gasteiger partial charge in [-0.3, -0.25) is 4.98 Å². The van der Waals surface area contributed by atoms with Gasteiger partial charge in [-0.2, -0.15) is 0 Å². The van der Waals surface area contributed by atoms with Gasteiger partial charge >= 0.3 is 0 Å². The summed E-state index contributed by atoms with van der Waals surface area (Å²) in [5.41, 5.74) is 0.345. The summed E-state index contributed by atoms with van der Waals surface area (Å²) in [7, 11) is 0. The van der Waals surface area contributed by atoms with Crippen molar-refractivity contribution in [3.63, 3.8) is 0 Å². The summed E-state index contributed by atoms with van der Waals surface area (Å²) >= 11 is 0. The fourth-order valence-electron chi connectivity index (χ4n) is 1.16. The molecule has 0 bridgehead atoms. The third kappa shape index (κ3) is 3.82. The van der Waals surface area contributed by atoms with Gasteiger partial charge in [0.05, 0.1) is 18.1 Å². The monoisotopic (exact) mass is 218 g/mol. The fraction of sp³-hybridized carbons (Fsp3) is 0.462. The lowest BCUT2D eigenvalue weighted by Gasteiger charge is -2.20. The van der Waals surface area contributed by atoms with Gasteiger partial charge in [0.25, 0.3) is 0 Å². The number of anilines is 1. The van der Waals surface area contributed by atoms with Gasteiger partial charge in [0, 0.05) is 12.6 Å². The lowest BCUT2D eigenvalue weighted by atomic mass is 10.1. The molecule has 1 heterocycles. The predicted molar refractivity (Wildman–Crippen MR) is 66.6 cm³/mol. The molecule has 0 saturated carbocycles. The number of nitrogens with one attached hydrogen (secondary N) is 1. The number of ether oxygens (including phenoxy) is 1. The Hall–Kier alpha value is -1.69. The third-order valence-electron chi connectivity index (χ3n) is 2.01. The highest BCUT2D eigenvalue weighted by molar-refractivity contribution is 5.45. The van der Waals surface area contributed by atoms with Crippen molar-refractivity contribution in [2.45, 2.75) is 32.8 Å². The molecular weight excluding hydrogens is 200 g/mol. The van der Waals surface area contributed by atoms with Crippen LogP contribution in [0, 0.1) is 12.3 Å². The molecule has 1 N–H and O–H groups in total. The Morgan fingerprint density at radius 3 is 2.88 bits per heavy atom. The van der Waals surface area contributed by atoms with Crippen molar-refractivity contribution < 1.29 is 4.74 Å². The van der Waals surface area contributed by atoms with Gasteiger partial charge in [0.2, 0.25) is 0 Å². The molecule has 1 rings (SSSR count). The fourth-order valence-corrected chi connectivity index (χ4v) is 1.16. The summed E-state index contributed by atoms with van der Waals surface area (Å²) in [6.45, 7) is 6.73. The summed E-state index contributed by atoms with van der Waals surface area (Å²) in [4.78, 5) is 4.10. The smallest absolute Gasteiger partial charge is 0.163 e. The van der Waals surface area contributed by atoms with Crippen LogP contribution in [-0.4, -0.2) is 17.1 Å². The Bertz CT molecular complexity index is 380. The molecule has 3 nitrogen and oxygen atoms in total. The second kappa shape index (κ2) is 5.41. The molecule has 0 aliphatic carbocycles. The first-order valence-electron chi connectivity index (χ1n) is 5.43. The van der Waals surface area contributed by atoms with E-state index >= 15 is 0 Å². The highest BCUT2D eigenvalue weighted by atomic mass is 16.5. The van der Waals surface area contributed by atoms with E-state index in [4.69, 9.17) is 11.2 Å². The molecule has 3 heteroatoms. The summed E-state index contributed by atoms with van der Waals surface area (Å²) in [6, 6.07) is 1.90. The molecule has 0 radical (unpaired) electrons. The maximum absolute atomic E-state index is 5.63. The Kier molecular flexibility index (Phi) is 4.19. The zero-order chi connectivity index (χ0) is 12.0. The maximum atomic E-state index is 5.63. The molecule has 0 unspecified atom stereocenters. The van der Waals surface area contributed by atoms with E-state index in [2.05, 4.69) is 23.1 Å². The Balaban J connectivity index is 2.72. The lowest BCUT2D eigenvalue weighted by molar-refractivity contribution is 0.172. The van der Waals surface area contributed by atoms with Crippen LogP contribution in [0.4, 0.5) is 5.69 Å². The van der Waals surface area contributed by atoms with E-state index in [9.17, 15) is 0 Å². The van der Waals surface area contributed by atoms with Crippen molar-refractivity contribution in [1.29, 1.82) is 0 Å². The van der Waals surface area contributed by atoms with Gasteiger partial charge in [-0.15, -0.1) is 6.42 Å². The molecule has 0 spiro atoms. The van der Waals surface area contributed by atoms with Crippen LogP contribution in [0.2, 0.25) is 0 Å². The summed E-state index contributed by atoms with van der Waals surface area (Å²) in [5.74, 6) is 3.27. The molecule has 86 valence electrons. The first kappa shape index (κ1) is 12.4. The van der Waals surface area contributed by atoms with E-state index in [1.165, 1.54) is 0 Å². The molecule has 0 aliphatic heterocycles. The molecule has 0 aromatic carbocycles. The molecular formula is C13H18N2O. The number of rotatable bonds is 5. The molecule has 0 amide bonds. The van der Waals surface area contributed by atoms with Gasteiger partial charge in [-0.05, 0) is 20.3 Å². The molecule has 0 saturated heterocycles. The predicted octanol–water partition coefficient (Wildman–Crippen LogP) is 2.69. The van der Waals surface area contributed by atoms with Crippen LogP contribution in [0.3, 0.4) is 0 Å². The second-order valence-corrected chi connectivity index (χ2v) is 4.09. The first-order valence-corrected chi connectivity index (χ1v) is 5.43. The number of aromatic nitrogens is 1. The van der Waals surface area contributed by atoms with Crippen LogP contribution < -0.4 is 10.1 Å².